The molecular formula is C31H30F3N2O3+. The van der Waals surface area contributed by atoms with Crippen molar-refractivity contribution in [2.45, 2.75) is 37.3 Å². The van der Waals surface area contributed by atoms with Gasteiger partial charge in [0.25, 0.3) is 0 Å². The van der Waals surface area contributed by atoms with Gasteiger partial charge in [-0.05, 0) is 29.3 Å². The van der Waals surface area contributed by atoms with Crippen molar-refractivity contribution in [3.8, 4) is 5.75 Å². The minimum Gasteiger partial charge on any atom is -0.484 e. The molecule has 5 nitrogen and oxygen atoms in total. The van der Waals surface area contributed by atoms with Crippen LogP contribution in [0.5, 0.6) is 5.75 Å². The zero-order chi connectivity index (χ0) is 27.1. The first kappa shape index (κ1) is 25.6. The molecule has 4 heterocycles. The van der Waals surface area contributed by atoms with Crippen molar-refractivity contribution in [2.75, 3.05) is 19.6 Å². The maximum absolute atomic E-state index is 13.2. The molecule has 8 heteroatoms. The Labute approximate surface area is 225 Å². The largest absolute Gasteiger partial charge is 0.484 e. The van der Waals surface area contributed by atoms with E-state index in [9.17, 15) is 18.3 Å². The first-order valence-corrected chi connectivity index (χ1v) is 13.2. The molecule has 0 spiro atoms. The summed E-state index contributed by atoms with van der Waals surface area (Å²) in [5.74, 6) is 1.43. The summed E-state index contributed by atoms with van der Waals surface area (Å²) in [5.41, 5.74) is -0.941. The Balaban J connectivity index is 1.24. The fourth-order valence-electron chi connectivity index (χ4n) is 6.15. The van der Waals surface area contributed by atoms with Gasteiger partial charge in [0.1, 0.15) is 18.8 Å². The van der Waals surface area contributed by atoms with Crippen LogP contribution in [-0.4, -0.2) is 40.3 Å². The van der Waals surface area contributed by atoms with Crippen LogP contribution in [0.2, 0.25) is 0 Å². The highest BCUT2D eigenvalue weighted by Gasteiger charge is 2.48. The molecule has 3 aliphatic heterocycles. The summed E-state index contributed by atoms with van der Waals surface area (Å²) >= 11 is 0. The molecule has 2 bridgehead atoms. The van der Waals surface area contributed by atoms with E-state index in [-0.39, 0.29) is 17.7 Å². The molecule has 3 saturated heterocycles. The standard InChI is InChI=1S/C31H30F3N2O3/c32-31(33,34)25-12-7-13-26(18-25)38-28-21-36(16-14-22(28)15-17-36)20-27-19-35-29(39-27)30(37,23-8-3-1-4-9-23)24-10-5-2-6-11-24/h1-13,18-19,22,28,37H,14-17,20-21H2/q+1/t22?,28-,36?/m0/s1. The van der Waals surface area contributed by atoms with Gasteiger partial charge in [0.15, 0.2) is 17.5 Å². The predicted molar refractivity (Wildman–Crippen MR) is 139 cm³/mol. The Morgan fingerprint density at radius 2 is 1.49 bits per heavy atom. The number of ether oxygens (including phenoxy) is 1. The van der Waals surface area contributed by atoms with Gasteiger partial charge >= 0.3 is 6.18 Å². The fourth-order valence-corrected chi connectivity index (χ4v) is 6.15. The van der Waals surface area contributed by atoms with Crippen LogP contribution in [0, 0.1) is 5.92 Å². The number of hydrogen-bond donors (Lipinski definition) is 1. The van der Waals surface area contributed by atoms with Crippen molar-refractivity contribution in [1.82, 2.24) is 4.98 Å². The lowest BCUT2D eigenvalue weighted by Crippen LogP contribution is -2.64. The summed E-state index contributed by atoms with van der Waals surface area (Å²) in [4.78, 5) is 4.54. The predicted octanol–water partition coefficient (Wildman–Crippen LogP) is 6.17. The van der Waals surface area contributed by atoms with E-state index in [0.717, 1.165) is 38.1 Å². The molecule has 1 N–H and O–H groups in total. The van der Waals surface area contributed by atoms with Gasteiger partial charge in [0.05, 0.1) is 24.8 Å². The van der Waals surface area contributed by atoms with E-state index in [4.69, 9.17) is 9.15 Å². The number of nitrogens with zero attached hydrogens (tertiary/aromatic N) is 2. The average Bonchev–Trinajstić information content (AvgIpc) is 3.42. The Hall–Kier alpha value is -3.62. The van der Waals surface area contributed by atoms with Gasteiger partial charge in [0, 0.05) is 18.8 Å². The van der Waals surface area contributed by atoms with Crippen LogP contribution in [0.15, 0.2) is 95.5 Å². The van der Waals surface area contributed by atoms with E-state index in [0.29, 0.717) is 40.4 Å². The molecule has 3 fully saturated rings. The van der Waals surface area contributed by atoms with E-state index in [1.165, 1.54) is 6.07 Å². The molecule has 39 heavy (non-hydrogen) atoms. The highest BCUT2D eigenvalue weighted by Crippen LogP contribution is 2.40. The van der Waals surface area contributed by atoms with E-state index in [1.54, 1.807) is 12.3 Å². The van der Waals surface area contributed by atoms with Gasteiger partial charge in [-0.25, -0.2) is 4.98 Å². The average molecular weight is 536 g/mol. The van der Waals surface area contributed by atoms with Gasteiger partial charge in [-0.15, -0.1) is 0 Å². The van der Waals surface area contributed by atoms with Crippen LogP contribution >= 0.6 is 0 Å². The molecule has 0 aliphatic carbocycles. The highest BCUT2D eigenvalue weighted by atomic mass is 19.4. The van der Waals surface area contributed by atoms with Crippen LogP contribution in [0.1, 0.15) is 41.2 Å². The maximum Gasteiger partial charge on any atom is 0.416 e. The molecule has 1 aromatic heterocycles. The molecule has 4 aromatic rings. The van der Waals surface area contributed by atoms with Crippen molar-refractivity contribution < 1.29 is 31.9 Å². The zero-order valence-electron chi connectivity index (χ0n) is 21.3. The lowest BCUT2D eigenvalue weighted by molar-refractivity contribution is -0.958. The number of hydrogen-bond acceptors (Lipinski definition) is 4. The third-order valence-corrected chi connectivity index (χ3v) is 8.23. The summed E-state index contributed by atoms with van der Waals surface area (Å²) in [5, 5.41) is 12.0. The Morgan fingerprint density at radius 3 is 2.10 bits per heavy atom. The third-order valence-electron chi connectivity index (χ3n) is 8.23. The molecule has 3 aliphatic rings. The van der Waals surface area contributed by atoms with Crippen molar-refractivity contribution in [3.63, 3.8) is 0 Å². The Bertz CT molecular complexity index is 1370. The van der Waals surface area contributed by atoms with Crippen LogP contribution < -0.4 is 4.74 Å². The summed E-state index contributed by atoms with van der Waals surface area (Å²) in [6, 6.07) is 23.8. The Morgan fingerprint density at radius 1 is 0.872 bits per heavy atom. The highest BCUT2D eigenvalue weighted by molar-refractivity contribution is 5.41. The zero-order valence-corrected chi connectivity index (χ0v) is 21.3. The second-order valence-corrected chi connectivity index (χ2v) is 10.7. The number of aromatic nitrogens is 1. The topological polar surface area (TPSA) is 55.5 Å². The van der Waals surface area contributed by atoms with Crippen molar-refractivity contribution in [1.29, 1.82) is 0 Å². The quantitative estimate of drug-likeness (QED) is 0.288. The van der Waals surface area contributed by atoms with Gasteiger partial charge in [0.2, 0.25) is 5.89 Å². The molecule has 0 saturated carbocycles. The normalized spacial score (nSPS) is 23.1. The Kier molecular flexibility index (Phi) is 6.47. The number of halogens is 3. The molecule has 1 atom stereocenters. The number of oxazole rings is 1. The summed E-state index contributed by atoms with van der Waals surface area (Å²) in [6.07, 6.45) is -1.04. The maximum atomic E-state index is 13.2. The minimum atomic E-state index is -4.41. The van der Waals surface area contributed by atoms with Gasteiger partial charge < -0.3 is 18.7 Å². The van der Waals surface area contributed by atoms with E-state index in [2.05, 4.69) is 4.98 Å². The first-order valence-electron chi connectivity index (χ1n) is 13.2. The number of benzene rings is 3. The number of quaternary nitrogens is 1. The van der Waals surface area contributed by atoms with Gasteiger partial charge in [-0.1, -0.05) is 66.7 Å². The van der Waals surface area contributed by atoms with Crippen LogP contribution in [0.4, 0.5) is 13.2 Å². The summed E-state index contributed by atoms with van der Waals surface area (Å²) < 4.78 is 52.8. The molecule has 0 amide bonds. The smallest absolute Gasteiger partial charge is 0.416 e. The summed E-state index contributed by atoms with van der Waals surface area (Å²) in [7, 11) is 0. The molecule has 202 valence electrons. The third kappa shape index (κ3) is 4.94. The van der Waals surface area contributed by atoms with Gasteiger partial charge in [-0.2, -0.15) is 13.2 Å². The molecule has 3 aromatic carbocycles. The molecule has 0 radical (unpaired) electrons. The van der Waals surface area contributed by atoms with E-state index < -0.39 is 17.3 Å². The van der Waals surface area contributed by atoms with Crippen molar-refractivity contribution in [2.24, 2.45) is 5.92 Å². The second-order valence-electron chi connectivity index (χ2n) is 10.7. The van der Waals surface area contributed by atoms with Crippen LogP contribution in [-0.2, 0) is 18.3 Å². The van der Waals surface area contributed by atoms with Crippen molar-refractivity contribution >= 4 is 0 Å². The number of alkyl halides is 3. The van der Waals surface area contributed by atoms with Crippen LogP contribution in [0.25, 0.3) is 0 Å². The van der Waals surface area contributed by atoms with Crippen molar-refractivity contribution in [3.05, 3.63) is 119 Å². The number of aliphatic hydroxyl groups is 1. The fraction of sp³-hybridized carbons (Fsp3) is 0.323. The number of rotatable bonds is 7. The van der Waals surface area contributed by atoms with Crippen LogP contribution in [0.3, 0.4) is 0 Å². The lowest BCUT2D eigenvalue weighted by Gasteiger charge is -2.51. The molecular weight excluding hydrogens is 505 g/mol. The first-order chi connectivity index (χ1) is 18.8. The SMILES string of the molecule is OC(c1ccccc1)(c1ccccc1)c1ncc(C[N+]23CCC(CC2)[C@@H](Oc2cccc(C(F)(F)F)c2)C3)o1. The van der Waals surface area contributed by atoms with Gasteiger partial charge in [-0.3, -0.25) is 0 Å². The monoisotopic (exact) mass is 535 g/mol. The van der Waals surface area contributed by atoms with E-state index >= 15 is 0 Å². The molecule has 0 unspecified atom stereocenters. The lowest BCUT2D eigenvalue weighted by atomic mass is 9.83. The minimum absolute atomic E-state index is 0.177. The van der Waals surface area contributed by atoms with E-state index in [1.807, 2.05) is 60.7 Å². The number of piperidine rings is 3. The summed E-state index contributed by atoms with van der Waals surface area (Å²) in [6.45, 7) is 3.12. The number of fused-ring (bicyclic) bond motifs is 3. The second kappa shape index (κ2) is 9.84. The molecule has 7 rings (SSSR count).